The van der Waals surface area contributed by atoms with Crippen molar-refractivity contribution >= 4 is 0 Å². The van der Waals surface area contributed by atoms with Crippen molar-refractivity contribution in [2.24, 2.45) is 5.41 Å². The maximum atomic E-state index is 8.83. The summed E-state index contributed by atoms with van der Waals surface area (Å²) in [6.45, 7) is 0. The van der Waals surface area contributed by atoms with E-state index in [2.05, 4.69) is 18.2 Å². The fourth-order valence-corrected chi connectivity index (χ4v) is 2.24. The van der Waals surface area contributed by atoms with Crippen molar-refractivity contribution < 1.29 is 4.74 Å². The number of hydrogen-bond donors (Lipinski definition) is 0. The standard InChI is InChI=1S/C13H15NO/c1-15-12-10-13(12,7-8-14)9-11-5-3-2-4-6-11/h2-6,12H,7,9-10H2,1H3/t12-,13-/m0/s1. The summed E-state index contributed by atoms with van der Waals surface area (Å²) >= 11 is 0. The second-order valence-corrected chi connectivity index (χ2v) is 4.29. The summed E-state index contributed by atoms with van der Waals surface area (Å²) in [5.41, 5.74) is 1.39. The molecule has 1 aromatic carbocycles. The Morgan fingerprint density at radius 3 is 2.73 bits per heavy atom. The lowest BCUT2D eigenvalue weighted by Crippen LogP contribution is -2.11. The van der Waals surface area contributed by atoms with Crippen LogP contribution in [0.4, 0.5) is 0 Å². The lowest BCUT2D eigenvalue weighted by atomic mass is 9.93. The lowest BCUT2D eigenvalue weighted by Gasteiger charge is -2.12. The van der Waals surface area contributed by atoms with E-state index in [-0.39, 0.29) is 11.5 Å². The molecule has 0 amide bonds. The van der Waals surface area contributed by atoms with E-state index in [9.17, 15) is 0 Å². The van der Waals surface area contributed by atoms with E-state index >= 15 is 0 Å². The molecule has 0 heterocycles. The van der Waals surface area contributed by atoms with Crippen molar-refractivity contribution in [1.29, 1.82) is 5.26 Å². The Morgan fingerprint density at radius 2 is 2.20 bits per heavy atom. The van der Waals surface area contributed by atoms with E-state index < -0.39 is 0 Å². The van der Waals surface area contributed by atoms with Gasteiger partial charge in [0.15, 0.2) is 0 Å². The number of methoxy groups -OCH3 is 1. The first-order valence-corrected chi connectivity index (χ1v) is 5.24. The predicted octanol–water partition coefficient (Wildman–Crippen LogP) is 2.55. The largest absolute Gasteiger partial charge is 0.381 e. The number of benzene rings is 1. The Kier molecular flexibility index (Phi) is 2.75. The van der Waals surface area contributed by atoms with Gasteiger partial charge in [-0.15, -0.1) is 0 Å². The molecular formula is C13H15NO. The minimum absolute atomic E-state index is 0.0881. The molecule has 0 bridgehead atoms. The number of rotatable bonds is 4. The van der Waals surface area contributed by atoms with Gasteiger partial charge in [0, 0.05) is 18.9 Å². The fourth-order valence-electron chi connectivity index (χ4n) is 2.24. The van der Waals surface area contributed by atoms with E-state index in [0.717, 1.165) is 12.8 Å². The molecule has 0 aromatic heterocycles. The molecule has 0 aliphatic heterocycles. The molecule has 0 unspecified atom stereocenters. The van der Waals surface area contributed by atoms with Crippen molar-refractivity contribution in [2.75, 3.05) is 7.11 Å². The second kappa shape index (κ2) is 4.04. The van der Waals surface area contributed by atoms with Crippen LogP contribution in [0, 0.1) is 16.7 Å². The quantitative estimate of drug-likeness (QED) is 0.750. The molecule has 2 atom stereocenters. The maximum Gasteiger partial charge on any atom is 0.0648 e. The third-order valence-corrected chi connectivity index (χ3v) is 3.23. The highest BCUT2D eigenvalue weighted by atomic mass is 16.5. The van der Waals surface area contributed by atoms with E-state index in [4.69, 9.17) is 10.00 Å². The van der Waals surface area contributed by atoms with Gasteiger partial charge in [-0.25, -0.2) is 0 Å². The Bertz CT molecular complexity index is 368. The maximum absolute atomic E-state index is 8.83. The normalized spacial score (nSPS) is 28.4. The van der Waals surface area contributed by atoms with Crippen LogP contribution in [0.2, 0.25) is 0 Å². The molecule has 2 rings (SSSR count). The third-order valence-electron chi connectivity index (χ3n) is 3.23. The first-order chi connectivity index (χ1) is 7.30. The molecule has 78 valence electrons. The van der Waals surface area contributed by atoms with Crippen molar-refractivity contribution in [1.82, 2.24) is 0 Å². The Hall–Kier alpha value is -1.33. The Labute approximate surface area is 90.5 Å². The highest BCUT2D eigenvalue weighted by Crippen LogP contribution is 2.53. The van der Waals surface area contributed by atoms with Gasteiger partial charge in [0.25, 0.3) is 0 Å². The minimum Gasteiger partial charge on any atom is -0.381 e. The zero-order valence-corrected chi connectivity index (χ0v) is 8.94. The molecule has 1 aliphatic carbocycles. The molecule has 0 radical (unpaired) electrons. The first-order valence-electron chi connectivity index (χ1n) is 5.24. The molecule has 0 N–H and O–H groups in total. The van der Waals surface area contributed by atoms with E-state index in [1.54, 1.807) is 7.11 Å². The first kappa shape index (κ1) is 10.2. The molecule has 1 aromatic rings. The fraction of sp³-hybridized carbons (Fsp3) is 0.462. The SMILES string of the molecule is CO[C@H]1C[C@]1(CC#N)Cc1ccccc1. The van der Waals surface area contributed by atoms with Crippen LogP contribution in [-0.2, 0) is 11.2 Å². The molecule has 1 saturated carbocycles. The smallest absolute Gasteiger partial charge is 0.0648 e. The van der Waals surface area contributed by atoms with Crippen LogP contribution >= 0.6 is 0 Å². The lowest BCUT2D eigenvalue weighted by molar-refractivity contribution is 0.144. The van der Waals surface area contributed by atoms with Crippen LogP contribution in [0.1, 0.15) is 18.4 Å². The monoisotopic (exact) mass is 201 g/mol. The van der Waals surface area contributed by atoms with Crippen LogP contribution < -0.4 is 0 Å². The van der Waals surface area contributed by atoms with Gasteiger partial charge in [0.2, 0.25) is 0 Å². The van der Waals surface area contributed by atoms with E-state index in [1.807, 2.05) is 18.2 Å². The van der Waals surface area contributed by atoms with Crippen molar-refractivity contribution in [2.45, 2.75) is 25.4 Å². The van der Waals surface area contributed by atoms with Crippen LogP contribution in [0.25, 0.3) is 0 Å². The van der Waals surface area contributed by atoms with Gasteiger partial charge in [0.05, 0.1) is 12.2 Å². The predicted molar refractivity (Wildman–Crippen MR) is 58.2 cm³/mol. The highest BCUT2D eigenvalue weighted by Gasteiger charge is 2.54. The summed E-state index contributed by atoms with van der Waals surface area (Å²) in [5.74, 6) is 0. The molecular weight excluding hydrogens is 186 g/mol. The summed E-state index contributed by atoms with van der Waals surface area (Å²) in [4.78, 5) is 0. The van der Waals surface area contributed by atoms with Crippen LogP contribution in [0.3, 0.4) is 0 Å². The highest BCUT2D eigenvalue weighted by molar-refractivity contribution is 5.21. The zero-order valence-electron chi connectivity index (χ0n) is 8.94. The third kappa shape index (κ3) is 2.03. The number of ether oxygens (including phenoxy) is 1. The van der Waals surface area contributed by atoms with Crippen molar-refractivity contribution in [3.63, 3.8) is 0 Å². The number of nitriles is 1. The second-order valence-electron chi connectivity index (χ2n) is 4.29. The zero-order chi connectivity index (χ0) is 10.7. The van der Waals surface area contributed by atoms with Crippen LogP contribution in [0.15, 0.2) is 30.3 Å². The summed E-state index contributed by atoms with van der Waals surface area (Å²) in [7, 11) is 1.73. The van der Waals surface area contributed by atoms with E-state index in [0.29, 0.717) is 6.42 Å². The molecule has 2 heteroatoms. The molecule has 0 spiro atoms. The molecule has 2 nitrogen and oxygen atoms in total. The van der Waals surface area contributed by atoms with E-state index in [1.165, 1.54) is 5.56 Å². The van der Waals surface area contributed by atoms with Crippen molar-refractivity contribution in [3.05, 3.63) is 35.9 Å². The van der Waals surface area contributed by atoms with Gasteiger partial charge in [-0.3, -0.25) is 0 Å². The van der Waals surface area contributed by atoms with Gasteiger partial charge >= 0.3 is 0 Å². The topological polar surface area (TPSA) is 33.0 Å². The van der Waals surface area contributed by atoms with Gasteiger partial charge in [-0.2, -0.15) is 5.26 Å². The minimum atomic E-state index is 0.0881. The van der Waals surface area contributed by atoms with Gasteiger partial charge in [-0.05, 0) is 18.4 Å². The Balaban J connectivity index is 2.07. The molecule has 15 heavy (non-hydrogen) atoms. The number of nitrogens with zero attached hydrogens (tertiary/aromatic N) is 1. The molecule has 1 fully saturated rings. The van der Waals surface area contributed by atoms with Crippen LogP contribution in [-0.4, -0.2) is 13.2 Å². The molecule has 1 aliphatic rings. The summed E-state index contributed by atoms with van der Waals surface area (Å²) in [5, 5.41) is 8.83. The number of hydrogen-bond acceptors (Lipinski definition) is 2. The summed E-state index contributed by atoms with van der Waals surface area (Å²) in [6.07, 6.45) is 2.85. The van der Waals surface area contributed by atoms with Gasteiger partial charge in [-0.1, -0.05) is 30.3 Å². The molecule has 0 saturated heterocycles. The average molecular weight is 201 g/mol. The van der Waals surface area contributed by atoms with Gasteiger partial charge < -0.3 is 4.74 Å². The average Bonchev–Trinajstić information content (AvgIpc) is 2.93. The van der Waals surface area contributed by atoms with Crippen molar-refractivity contribution in [3.8, 4) is 6.07 Å². The summed E-state index contributed by atoms with van der Waals surface area (Å²) in [6, 6.07) is 12.6. The van der Waals surface area contributed by atoms with Crippen LogP contribution in [0.5, 0.6) is 0 Å². The summed E-state index contributed by atoms with van der Waals surface area (Å²) < 4.78 is 5.35. The Morgan fingerprint density at radius 1 is 1.47 bits per heavy atom. The van der Waals surface area contributed by atoms with Gasteiger partial charge in [0.1, 0.15) is 0 Å².